The zero-order chi connectivity index (χ0) is 16.3. The topological polar surface area (TPSA) is 77.5 Å². The van der Waals surface area contributed by atoms with Crippen LogP contribution in [-0.2, 0) is 17.8 Å². The Bertz CT molecular complexity index is 595. The molecule has 3 N–H and O–H groups in total. The van der Waals surface area contributed by atoms with Gasteiger partial charge in [-0.3, -0.25) is 4.68 Å². The van der Waals surface area contributed by atoms with Gasteiger partial charge in [0.1, 0.15) is 0 Å². The van der Waals surface area contributed by atoms with Crippen molar-refractivity contribution in [3.05, 3.63) is 53.9 Å². The standard InChI is InChI=1S/C17H25N5O/c1-2-23-12-6-9-19-17(18)20-13-15-7-3-4-8-16(15)14-22-11-5-10-21-22/h3-5,7-8,10-11H,2,6,9,12-14H2,1H3,(H3,18,19,20). The second-order valence-electron chi connectivity index (χ2n) is 5.15. The summed E-state index contributed by atoms with van der Waals surface area (Å²) in [4.78, 5) is 4.41. The number of aromatic nitrogens is 2. The van der Waals surface area contributed by atoms with Crippen LogP contribution in [0.25, 0.3) is 0 Å². The summed E-state index contributed by atoms with van der Waals surface area (Å²) in [5.74, 6) is 0.468. The summed E-state index contributed by atoms with van der Waals surface area (Å²) in [7, 11) is 0. The maximum atomic E-state index is 5.90. The molecule has 0 aliphatic carbocycles. The summed E-state index contributed by atoms with van der Waals surface area (Å²) in [5, 5.41) is 7.35. The molecule has 2 aromatic rings. The van der Waals surface area contributed by atoms with Crippen molar-refractivity contribution in [3.63, 3.8) is 0 Å². The van der Waals surface area contributed by atoms with Gasteiger partial charge in [0.05, 0.1) is 13.1 Å². The Hall–Kier alpha value is -2.34. The average molecular weight is 315 g/mol. The number of guanidine groups is 1. The van der Waals surface area contributed by atoms with E-state index in [2.05, 4.69) is 27.5 Å². The van der Waals surface area contributed by atoms with Crippen LogP contribution in [0.5, 0.6) is 0 Å². The van der Waals surface area contributed by atoms with E-state index in [-0.39, 0.29) is 0 Å². The Morgan fingerprint density at radius 3 is 2.87 bits per heavy atom. The minimum Gasteiger partial charge on any atom is -0.382 e. The third-order valence-electron chi connectivity index (χ3n) is 3.41. The van der Waals surface area contributed by atoms with Crippen molar-refractivity contribution in [1.82, 2.24) is 15.1 Å². The van der Waals surface area contributed by atoms with E-state index in [9.17, 15) is 0 Å². The van der Waals surface area contributed by atoms with Crippen LogP contribution < -0.4 is 11.1 Å². The Kier molecular flexibility index (Phi) is 7.13. The van der Waals surface area contributed by atoms with Crippen LogP contribution in [0.15, 0.2) is 47.7 Å². The molecule has 0 atom stereocenters. The lowest BCUT2D eigenvalue weighted by Crippen LogP contribution is -2.32. The number of ether oxygens (including phenoxy) is 1. The molecule has 1 aromatic carbocycles. The van der Waals surface area contributed by atoms with Crippen LogP contribution in [0.3, 0.4) is 0 Å². The Morgan fingerprint density at radius 1 is 1.30 bits per heavy atom. The summed E-state index contributed by atoms with van der Waals surface area (Å²) in [5.41, 5.74) is 8.26. The van der Waals surface area contributed by atoms with Gasteiger partial charge in [0.2, 0.25) is 0 Å². The number of hydrogen-bond donors (Lipinski definition) is 2. The maximum absolute atomic E-state index is 5.90. The molecule has 0 saturated heterocycles. The number of nitrogens with two attached hydrogens (primary N) is 1. The molecule has 2 rings (SSSR count). The highest BCUT2D eigenvalue weighted by Gasteiger charge is 2.02. The van der Waals surface area contributed by atoms with E-state index >= 15 is 0 Å². The van der Waals surface area contributed by atoms with Crippen LogP contribution in [0, 0.1) is 0 Å². The van der Waals surface area contributed by atoms with E-state index in [1.165, 1.54) is 5.56 Å². The third-order valence-corrected chi connectivity index (χ3v) is 3.41. The van der Waals surface area contributed by atoms with Crippen molar-refractivity contribution in [2.24, 2.45) is 10.7 Å². The van der Waals surface area contributed by atoms with E-state index in [0.29, 0.717) is 12.5 Å². The van der Waals surface area contributed by atoms with Crippen molar-refractivity contribution in [2.75, 3.05) is 19.8 Å². The normalized spacial score (nSPS) is 11.6. The fourth-order valence-electron chi connectivity index (χ4n) is 2.20. The zero-order valence-electron chi connectivity index (χ0n) is 13.6. The number of benzene rings is 1. The van der Waals surface area contributed by atoms with Gasteiger partial charge in [-0.2, -0.15) is 5.10 Å². The molecular formula is C17H25N5O. The molecular weight excluding hydrogens is 290 g/mol. The van der Waals surface area contributed by atoms with Crippen molar-refractivity contribution in [2.45, 2.75) is 26.4 Å². The van der Waals surface area contributed by atoms with Crippen molar-refractivity contribution >= 4 is 5.96 Å². The second-order valence-corrected chi connectivity index (χ2v) is 5.15. The van der Waals surface area contributed by atoms with Gasteiger partial charge in [-0.15, -0.1) is 0 Å². The third kappa shape index (κ3) is 6.12. The van der Waals surface area contributed by atoms with Crippen LogP contribution >= 0.6 is 0 Å². The van der Waals surface area contributed by atoms with Gasteiger partial charge < -0.3 is 15.8 Å². The molecule has 0 spiro atoms. The van der Waals surface area contributed by atoms with Gasteiger partial charge in [0.15, 0.2) is 5.96 Å². The molecule has 124 valence electrons. The monoisotopic (exact) mass is 315 g/mol. The van der Waals surface area contributed by atoms with Gasteiger partial charge in [-0.05, 0) is 30.5 Å². The zero-order valence-corrected chi connectivity index (χ0v) is 13.6. The van der Waals surface area contributed by atoms with Crippen molar-refractivity contribution in [3.8, 4) is 0 Å². The van der Waals surface area contributed by atoms with E-state index in [4.69, 9.17) is 10.5 Å². The molecule has 6 heteroatoms. The van der Waals surface area contributed by atoms with E-state index in [1.807, 2.05) is 36.0 Å². The number of rotatable bonds is 9. The summed E-state index contributed by atoms with van der Waals surface area (Å²) in [6.45, 7) is 5.54. The molecule has 1 aromatic heterocycles. The molecule has 0 saturated carbocycles. The minimum atomic E-state index is 0.468. The number of nitrogens with one attached hydrogen (secondary N) is 1. The lowest BCUT2D eigenvalue weighted by Gasteiger charge is -2.09. The van der Waals surface area contributed by atoms with Gasteiger partial charge in [0.25, 0.3) is 0 Å². The van der Waals surface area contributed by atoms with Crippen molar-refractivity contribution < 1.29 is 4.74 Å². The van der Waals surface area contributed by atoms with Gasteiger partial charge in [-0.25, -0.2) is 4.99 Å². The number of aliphatic imine (C=N–C) groups is 1. The SMILES string of the molecule is CCOCCCNC(N)=NCc1ccccc1Cn1cccn1. The number of nitrogens with zero attached hydrogens (tertiary/aromatic N) is 3. The summed E-state index contributed by atoms with van der Waals surface area (Å²) >= 11 is 0. The molecule has 6 nitrogen and oxygen atoms in total. The average Bonchev–Trinajstić information content (AvgIpc) is 3.07. The maximum Gasteiger partial charge on any atom is 0.188 e. The predicted octanol–water partition coefficient (Wildman–Crippen LogP) is 1.76. The minimum absolute atomic E-state index is 0.468. The first-order valence-electron chi connectivity index (χ1n) is 7.95. The highest BCUT2D eigenvalue weighted by molar-refractivity contribution is 5.77. The van der Waals surface area contributed by atoms with Crippen LogP contribution in [-0.4, -0.2) is 35.5 Å². The molecule has 0 fully saturated rings. The fourth-order valence-corrected chi connectivity index (χ4v) is 2.20. The first-order valence-corrected chi connectivity index (χ1v) is 7.95. The van der Waals surface area contributed by atoms with E-state index < -0.39 is 0 Å². The van der Waals surface area contributed by atoms with Gasteiger partial charge >= 0.3 is 0 Å². The predicted molar refractivity (Wildman–Crippen MR) is 92.2 cm³/mol. The van der Waals surface area contributed by atoms with E-state index in [0.717, 1.165) is 38.3 Å². The molecule has 23 heavy (non-hydrogen) atoms. The Balaban J connectivity index is 1.85. The molecule has 0 unspecified atom stereocenters. The van der Waals surface area contributed by atoms with Gasteiger partial charge in [-0.1, -0.05) is 24.3 Å². The lowest BCUT2D eigenvalue weighted by atomic mass is 10.1. The largest absolute Gasteiger partial charge is 0.382 e. The smallest absolute Gasteiger partial charge is 0.188 e. The Labute approximate surface area is 137 Å². The highest BCUT2D eigenvalue weighted by atomic mass is 16.5. The molecule has 0 aliphatic rings. The lowest BCUT2D eigenvalue weighted by molar-refractivity contribution is 0.145. The van der Waals surface area contributed by atoms with Crippen LogP contribution in [0.2, 0.25) is 0 Å². The second kappa shape index (κ2) is 9.63. The molecule has 0 radical (unpaired) electrons. The van der Waals surface area contributed by atoms with Gasteiger partial charge in [0, 0.05) is 32.2 Å². The summed E-state index contributed by atoms with van der Waals surface area (Å²) in [6, 6.07) is 10.1. The fraction of sp³-hybridized carbons (Fsp3) is 0.412. The first-order chi connectivity index (χ1) is 11.3. The van der Waals surface area contributed by atoms with E-state index in [1.54, 1.807) is 6.20 Å². The summed E-state index contributed by atoms with van der Waals surface area (Å²) in [6.07, 6.45) is 4.65. The summed E-state index contributed by atoms with van der Waals surface area (Å²) < 4.78 is 7.18. The molecule has 0 aliphatic heterocycles. The molecule has 0 amide bonds. The Morgan fingerprint density at radius 2 is 2.13 bits per heavy atom. The van der Waals surface area contributed by atoms with Crippen LogP contribution in [0.1, 0.15) is 24.5 Å². The highest BCUT2D eigenvalue weighted by Crippen LogP contribution is 2.11. The van der Waals surface area contributed by atoms with Crippen molar-refractivity contribution in [1.29, 1.82) is 0 Å². The quantitative estimate of drug-likeness (QED) is 0.420. The molecule has 0 bridgehead atoms. The molecule has 1 heterocycles. The first kappa shape index (κ1) is 17.0. The van der Waals surface area contributed by atoms with Crippen LogP contribution in [0.4, 0.5) is 0 Å². The number of hydrogen-bond acceptors (Lipinski definition) is 3.